The first-order valence-corrected chi connectivity index (χ1v) is 18.8. The van der Waals surface area contributed by atoms with Crippen LogP contribution in [0.25, 0.3) is 22.3 Å². The number of hydrogen-bond acceptors (Lipinski definition) is 13. The molecule has 2 aromatic carbocycles. The molecule has 16 heteroatoms. The fourth-order valence-electron chi connectivity index (χ4n) is 7.22. The van der Waals surface area contributed by atoms with E-state index in [1.807, 2.05) is 6.92 Å². The second kappa shape index (κ2) is 17.3. The summed E-state index contributed by atoms with van der Waals surface area (Å²) in [6.07, 6.45) is 0.978. The molecule has 0 spiro atoms. The van der Waals surface area contributed by atoms with Crippen molar-refractivity contribution in [3.8, 4) is 17.1 Å². The average Bonchev–Trinajstić information content (AvgIpc) is 3.55. The van der Waals surface area contributed by atoms with Gasteiger partial charge in [0, 0.05) is 22.2 Å². The summed E-state index contributed by atoms with van der Waals surface area (Å²) in [6, 6.07) is 12.1. The van der Waals surface area contributed by atoms with Crippen molar-refractivity contribution in [1.82, 2.24) is 14.9 Å². The fourth-order valence-corrected chi connectivity index (χ4v) is 7.22. The number of cyclic esters (lactones) is 1. The van der Waals surface area contributed by atoms with Gasteiger partial charge in [0.05, 0.1) is 29.0 Å². The minimum absolute atomic E-state index is 0.0537. The van der Waals surface area contributed by atoms with Crippen molar-refractivity contribution >= 4 is 46.3 Å². The Balaban J connectivity index is 1.15. The zero-order valence-electron chi connectivity index (χ0n) is 32.0. The molecule has 2 aliphatic rings. The Bertz CT molecular complexity index is 2290. The van der Waals surface area contributed by atoms with Crippen molar-refractivity contribution in [2.75, 3.05) is 25.1 Å². The number of nitrogens with zero attached hydrogens (tertiary/aromatic N) is 2. The predicted octanol–water partition coefficient (Wildman–Crippen LogP) is 3.87. The highest BCUT2D eigenvalue weighted by Gasteiger charge is 2.51. The molecule has 0 saturated carbocycles. The van der Waals surface area contributed by atoms with Crippen molar-refractivity contribution in [3.05, 3.63) is 86.7 Å². The first-order valence-electron chi connectivity index (χ1n) is 18.8. The van der Waals surface area contributed by atoms with Crippen LogP contribution in [0, 0.1) is 0 Å². The molecule has 5 N–H and O–H groups in total. The molecule has 0 radical (unpaired) electrons. The predicted molar refractivity (Wildman–Crippen MR) is 206 cm³/mol. The first-order chi connectivity index (χ1) is 27.4. The lowest BCUT2D eigenvalue weighted by atomic mass is 9.85. The number of aryl methyl sites for hydroxylation is 1. The number of fused-ring (bicyclic) bond motifs is 5. The lowest BCUT2D eigenvalue weighted by Gasteiger charge is -2.35. The zero-order valence-corrected chi connectivity index (χ0v) is 32.0. The van der Waals surface area contributed by atoms with Gasteiger partial charge in [0.1, 0.15) is 38.2 Å². The summed E-state index contributed by atoms with van der Waals surface area (Å²) >= 11 is 0. The van der Waals surface area contributed by atoms with Gasteiger partial charge in [-0.2, -0.15) is 0 Å². The number of amides is 2. The number of unbranched alkanes of at least 4 members (excludes halogenated alkanes) is 1. The van der Waals surface area contributed by atoms with Crippen LogP contribution in [0.15, 0.2) is 53.3 Å². The molecule has 0 saturated heterocycles. The molecule has 2 aromatic heterocycles. The quantitative estimate of drug-likeness (QED) is 0.0825. The molecule has 2 unspecified atom stereocenters. The van der Waals surface area contributed by atoms with Crippen LogP contribution in [0.1, 0.15) is 74.3 Å². The number of ether oxygens (including phenoxy) is 4. The lowest BCUT2D eigenvalue weighted by molar-refractivity contribution is -0.175. The maximum Gasteiger partial charge on any atom is 0.510 e. The third-order valence-corrected chi connectivity index (χ3v) is 10.1. The monoisotopic (exact) mass is 783 g/mol. The highest BCUT2D eigenvalue weighted by molar-refractivity contribution is 5.97. The molecule has 0 aliphatic carbocycles. The summed E-state index contributed by atoms with van der Waals surface area (Å²) in [5, 5.41) is 16.3. The Morgan fingerprint density at radius 1 is 1.04 bits per heavy atom. The summed E-state index contributed by atoms with van der Waals surface area (Å²) in [6.45, 7) is 4.49. The number of nitrogens with two attached hydrogens (primary N) is 1. The molecule has 0 bridgehead atoms. The minimum atomic E-state index is -1.97. The van der Waals surface area contributed by atoms with E-state index in [1.165, 1.54) is 6.92 Å². The maximum atomic E-state index is 14.0. The number of ketones is 1. The number of aromatic hydroxyl groups is 1. The number of pyridine rings is 2. The molecule has 2 amide bonds. The van der Waals surface area contributed by atoms with Crippen LogP contribution < -0.4 is 21.9 Å². The van der Waals surface area contributed by atoms with Crippen LogP contribution in [-0.4, -0.2) is 70.2 Å². The first kappa shape index (κ1) is 40.5. The van der Waals surface area contributed by atoms with Gasteiger partial charge in [-0.05, 0) is 93.1 Å². The van der Waals surface area contributed by atoms with E-state index in [9.17, 15) is 33.9 Å². The number of carbonyl (C=O) groups excluding carboxylic acids is 5. The number of esters is 1. The Morgan fingerprint density at radius 2 is 1.81 bits per heavy atom. The minimum Gasteiger partial charge on any atom is -0.508 e. The molecule has 57 heavy (non-hydrogen) atoms. The van der Waals surface area contributed by atoms with Gasteiger partial charge in [-0.3, -0.25) is 19.2 Å². The number of nitrogens with one attached hydrogen (secondary N) is 2. The summed E-state index contributed by atoms with van der Waals surface area (Å²) in [5.74, 6) is -1.97. The van der Waals surface area contributed by atoms with Gasteiger partial charge in [0.15, 0.2) is 5.78 Å². The highest BCUT2D eigenvalue weighted by Crippen LogP contribution is 2.42. The molecule has 4 aromatic rings. The number of aromatic nitrogens is 2. The molecular formula is C41H45N5O11. The summed E-state index contributed by atoms with van der Waals surface area (Å²) < 4.78 is 23.3. The van der Waals surface area contributed by atoms with Crippen molar-refractivity contribution in [2.24, 2.45) is 5.73 Å². The number of rotatable bonds is 16. The molecule has 6 rings (SSSR count). The fraction of sp³-hybridized carbons (Fsp3) is 0.390. The number of phenolic OH excluding ortho intramolecular Hbond substituents is 1. The average molecular weight is 784 g/mol. The summed E-state index contributed by atoms with van der Waals surface area (Å²) in [5.41, 5.74) is 8.01. The van der Waals surface area contributed by atoms with Crippen molar-refractivity contribution in [2.45, 2.75) is 84.3 Å². The maximum absolute atomic E-state index is 14.0. The highest BCUT2D eigenvalue weighted by atomic mass is 16.7. The smallest absolute Gasteiger partial charge is 0.508 e. The third-order valence-electron chi connectivity index (χ3n) is 10.1. The van der Waals surface area contributed by atoms with E-state index in [2.05, 4.69) is 10.6 Å². The van der Waals surface area contributed by atoms with E-state index >= 15 is 0 Å². The summed E-state index contributed by atoms with van der Waals surface area (Å²) in [4.78, 5) is 82.2. The van der Waals surface area contributed by atoms with Crippen molar-refractivity contribution < 1.29 is 48.0 Å². The van der Waals surface area contributed by atoms with Crippen molar-refractivity contribution in [3.63, 3.8) is 0 Å². The molecule has 16 nitrogen and oxygen atoms in total. The van der Waals surface area contributed by atoms with Crippen LogP contribution in [0.5, 0.6) is 5.75 Å². The molecular weight excluding hydrogens is 738 g/mol. The van der Waals surface area contributed by atoms with Crippen LogP contribution in [-0.2, 0) is 69.9 Å². The van der Waals surface area contributed by atoms with Gasteiger partial charge in [0.25, 0.3) is 5.56 Å². The van der Waals surface area contributed by atoms with E-state index in [-0.39, 0.29) is 62.1 Å². The van der Waals surface area contributed by atoms with Crippen LogP contribution in [0.3, 0.4) is 0 Å². The molecule has 2 aliphatic heterocycles. The zero-order chi connectivity index (χ0) is 40.9. The number of benzene rings is 2. The Labute approximate surface area is 327 Å². The molecule has 4 heterocycles. The van der Waals surface area contributed by atoms with E-state index < -0.39 is 41.1 Å². The standard InChI is InChI=1S/C41H45N5O11/c1-4-27-28-16-26(48)13-14-32(28)45-36-29(27)18-46-34(36)17-31-30(38(46)51)21-55-39(52)41(31,5-2)57-40(53)56-20-24-9-11-25(12-10-24)43-37(50)33(8-6-7-15-42)44-35(49)22-54-19-23(3)47/h9-14,16-17,33,48H,4-8,15,18-22,42H2,1-3H3,(H,43,50)(H,44,49). The van der Waals surface area contributed by atoms with E-state index in [4.69, 9.17) is 29.7 Å². The Kier molecular flexibility index (Phi) is 12.3. The lowest BCUT2D eigenvalue weighted by Crippen LogP contribution is -2.47. The number of phenols is 1. The number of Topliss-reactive ketones (excluding diaryl/α,β-unsaturated/α-hetero) is 1. The number of anilines is 1. The Hall–Kier alpha value is -6.13. The van der Waals surface area contributed by atoms with Gasteiger partial charge in [-0.1, -0.05) is 26.0 Å². The van der Waals surface area contributed by atoms with Gasteiger partial charge in [-0.15, -0.1) is 0 Å². The second-order valence-corrected chi connectivity index (χ2v) is 14.0. The topological polar surface area (TPSA) is 227 Å². The van der Waals surface area contributed by atoms with E-state index in [0.717, 1.165) is 16.5 Å². The van der Waals surface area contributed by atoms with Crippen LogP contribution in [0.4, 0.5) is 10.5 Å². The largest absolute Gasteiger partial charge is 0.510 e. The summed E-state index contributed by atoms with van der Waals surface area (Å²) in [7, 11) is 0. The second-order valence-electron chi connectivity index (χ2n) is 14.0. The van der Waals surface area contributed by atoms with Gasteiger partial charge < -0.3 is 45.0 Å². The molecule has 2 atom stereocenters. The van der Waals surface area contributed by atoms with E-state index in [0.29, 0.717) is 60.4 Å². The van der Waals surface area contributed by atoms with Gasteiger partial charge in [-0.25, -0.2) is 14.6 Å². The number of hydrogen-bond donors (Lipinski definition) is 4. The third kappa shape index (κ3) is 8.51. The molecule has 300 valence electrons. The van der Waals surface area contributed by atoms with Crippen LogP contribution >= 0.6 is 0 Å². The SMILES string of the molecule is CCc1c2c(nc3ccc(O)cc13)-c1cc3c(c(=O)n1C2)COC(=O)C3(CC)OC(=O)OCc1ccc(NC(=O)C(CCCCN)NC(=O)COCC(C)=O)cc1. The molecule has 0 fully saturated rings. The van der Waals surface area contributed by atoms with E-state index in [1.54, 1.807) is 60.0 Å². The van der Waals surface area contributed by atoms with Crippen molar-refractivity contribution in [1.29, 1.82) is 0 Å². The van der Waals surface area contributed by atoms with Crippen LogP contribution in [0.2, 0.25) is 0 Å². The van der Waals surface area contributed by atoms with Gasteiger partial charge in [0.2, 0.25) is 17.4 Å². The number of carbonyl (C=O) groups is 5. The normalized spacial score (nSPS) is 15.8. The Morgan fingerprint density at radius 3 is 2.51 bits per heavy atom. The van der Waals surface area contributed by atoms with Gasteiger partial charge >= 0.3 is 12.1 Å².